The third kappa shape index (κ3) is 3.58. The number of thiophene rings is 1. The fraction of sp³-hybridized carbons (Fsp3) is 0.0952. The number of rotatable bonds is 6. The molecule has 2 N–H and O–H groups in total. The molecule has 0 aliphatic heterocycles. The Hall–Kier alpha value is -2.92. The molecule has 0 radical (unpaired) electrons. The second kappa shape index (κ2) is 7.60. The minimum Gasteiger partial charge on any atom is -0.361 e. The van der Waals surface area contributed by atoms with E-state index >= 15 is 0 Å². The van der Waals surface area contributed by atoms with Gasteiger partial charge < -0.3 is 4.98 Å². The van der Waals surface area contributed by atoms with Gasteiger partial charge in [-0.25, -0.2) is 13.1 Å². The van der Waals surface area contributed by atoms with E-state index in [2.05, 4.69) is 9.71 Å². The lowest BCUT2D eigenvalue weighted by Crippen LogP contribution is -2.28. The lowest BCUT2D eigenvalue weighted by Gasteiger charge is -2.16. The maximum atomic E-state index is 12.8. The summed E-state index contributed by atoms with van der Waals surface area (Å²) in [5.74, 6) is -0.120. The van der Waals surface area contributed by atoms with Crippen molar-refractivity contribution in [2.75, 3.05) is 6.54 Å². The number of nitriles is 1. The van der Waals surface area contributed by atoms with Crippen LogP contribution in [0.3, 0.4) is 0 Å². The predicted octanol–water partition coefficient (Wildman–Crippen LogP) is 4.21. The maximum absolute atomic E-state index is 12.8. The van der Waals surface area contributed by atoms with Gasteiger partial charge in [-0.05, 0) is 41.3 Å². The molecule has 0 fully saturated rings. The number of H-pyrrole nitrogens is 1. The summed E-state index contributed by atoms with van der Waals surface area (Å²) in [6.45, 7) is 0.224. The van der Waals surface area contributed by atoms with Gasteiger partial charge in [-0.15, -0.1) is 11.3 Å². The molecule has 4 rings (SSSR count). The molecular weight excluding hydrogens is 390 g/mol. The van der Waals surface area contributed by atoms with Crippen LogP contribution >= 0.6 is 11.3 Å². The zero-order chi connectivity index (χ0) is 19.6. The first kappa shape index (κ1) is 18.4. The molecule has 0 aliphatic carbocycles. The van der Waals surface area contributed by atoms with Crippen LogP contribution in [0.15, 0.2) is 77.1 Å². The van der Waals surface area contributed by atoms with Crippen molar-refractivity contribution in [3.8, 4) is 6.07 Å². The molecule has 1 atom stereocenters. The first-order valence-electron chi connectivity index (χ1n) is 8.68. The number of sulfonamides is 1. The lowest BCUT2D eigenvalue weighted by molar-refractivity contribution is 0.578. The van der Waals surface area contributed by atoms with E-state index < -0.39 is 10.0 Å². The van der Waals surface area contributed by atoms with Crippen molar-refractivity contribution in [1.82, 2.24) is 9.71 Å². The topological polar surface area (TPSA) is 85.8 Å². The summed E-state index contributed by atoms with van der Waals surface area (Å²) in [6, 6.07) is 20.0. The number of aromatic amines is 1. The normalized spacial score (nSPS) is 12.7. The molecule has 28 heavy (non-hydrogen) atoms. The zero-order valence-electron chi connectivity index (χ0n) is 14.8. The number of para-hydroxylation sites is 1. The molecule has 5 nitrogen and oxygen atoms in total. The van der Waals surface area contributed by atoms with Gasteiger partial charge in [0.15, 0.2) is 0 Å². The van der Waals surface area contributed by atoms with Crippen LogP contribution in [0.2, 0.25) is 0 Å². The number of aromatic nitrogens is 1. The van der Waals surface area contributed by atoms with Crippen molar-refractivity contribution in [2.24, 2.45) is 0 Å². The van der Waals surface area contributed by atoms with Gasteiger partial charge in [0.2, 0.25) is 10.0 Å². The molecule has 2 aromatic carbocycles. The number of hydrogen-bond donors (Lipinski definition) is 2. The van der Waals surface area contributed by atoms with Crippen LogP contribution in [0.1, 0.15) is 21.9 Å². The summed E-state index contributed by atoms with van der Waals surface area (Å²) < 4.78 is 28.3. The Morgan fingerprint density at radius 2 is 1.96 bits per heavy atom. The molecule has 140 valence electrons. The molecule has 0 spiro atoms. The molecule has 0 amide bonds. The van der Waals surface area contributed by atoms with Crippen molar-refractivity contribution in [3.05, 3.63) is 88.2 Å². The van der Waals surface area contributed by atoms with Crippen LogP contribution in [-0.2, 0) is 10.0 Å². The Labute approximate surface area is 167 Å². The molecule has 0 saturated heterocycles. The fourth-order valence-electron chi connectivity index (χ4n) is 3.24. The summed E-state index contributed by atoms with van der Waals surface area (Å²) in [6.07, 6.45) is 1.94. The van der Waals surface area contributed by atoms with E-state index in [9.17, 15) is 8.42 Å². The van der Waals surface area contributed by atoms with Crippen LogP contribution in [0.25, 0.3) is 10.9 Å². The van der Waals surface area contributed by atoms with E-state index in [1.807, 2.05) is 54.0 Å². The van der Waals surface area contributed by atoms with Crippen LogP contribution in [0, 0.1) is 11.3 Å². The van der Waals surface area contributed by atoms with E-state index in [1.165, 1.54) is 12.1 Å². The lowest BCUT2D eigenvalue weighted by atomic mass is 9.97. The van der Waals surface area contributed by atoms with Gasteiger partial charge in [0.25, 0.3) is 0 Å². The van der Waals surface area contributed by atoms with Crippen LogP contribution in [0.4, 0.5) is 0 Å². The minimum atomic E-state index is -3.73. The van der Waals surface area contributed by atoms with Crippen molar-refractivity contribution in [2.45, 2.75) is 10.8 Å². The van der Waals surface area contributed by atoms with Gasteiger partial charge >= 0.3 is 0 Å². The van der Waals surface area contributed by atoms with Gasteiger partial charge in [0.05, 0.1) is 16.5 Å². The standard InChI is InChI=1S/C21H17N3O2S2/c22-12-15-5-3-6-16(11-15)28(25,26)24-14-19(21-9-4-10-27-21)18-13-23-20-8-2-1-7-17(18)20/h1-11,13,19,23-24H,14H2. The molecule has 2 aromatic heterocycles. The summed E-state index contributed by atoms with van der Waals surface area (Å²) in [5, 5.41) is 12.1. The monoisotopic (exact) mass is 407 g/mol. The predicted molar refractivity (Wildman–Crippen MR) is 111 cm³/mol. The molecule has 4 aromatic rings. The average molecular weight is 408 g/mol. The van der Waals surface area contributed by atoms with Crippen molar-refractivity contribution in [1.29, 1.82) is 5.26 Å². The maximum Gasteiger partial charge on any atom is 0.240 e. The van der Waals surface area contributed by atoms with Crippen LogP contribution in [0.5, 0.6) is 0 Å². The van der Waals surface area contributed by atoms with Gasteiger partial charge in [-0.3, -0.25) is 0 Å². The van der Waals surface area contributed by atoms with Crippen LogP contribution < -0.4 is 4.72 Å². The minimum absolute atomic E-state index is 0.0930. The fourth-order valence-corrected chi connectivity index (χ4v) is 5.18. The molecule has 1 unspecified atom stereocenters. The number of hydrogen-bond acceptors (Lipinski definition) is 4. The van der Waals surface area contributed by atoms with E-state index in [0.29, 0.717) is 5.56 Å². The first-order chi connectivity index (χ1) is 13.6. The second-order valence-electron chi connectivity index (χ2n) is 6.35. The molecule has 2 heterocycles. The first-order valence-corrected chi connectivity index (χ1v) is 11.0. The highest BCUT2D eigenvalue weighted by Gasteiger charge is 2.22. The van der Waals surface area contributed by atoms with E-state index in [4.69, 9.17) is 5.26 Å². The number of benzene rings is 2. The van der Waals surface area contributed by atoms with Crippen LogP contribution in [-0.4, -0.2) is 19.9 Å². The Kier molecular flexibility index (Phi) is 5.01. The SMILES string of the molecule is N#Cc1cccc(S(=O)(=O)NCC(c2cccs2)c2c[nH]c3ccccc23)c1. The Bertz CT molecular complexity index is 1250. The molecule has 0 aliphatic rings. The number of nitrogens with one attached hydrogen (secondary N) is 2. The van der Waals surface area contributed by atoms with Crippen molar-refractivity contribution < 1.29 is 8.42 Å². The summed E-state index contributed by atoms with van der Waals surface area (Å²) in [5.41, 5.74) is 2.38. The summed E-state index contributed by atoms with van der Waals surface area (Å²) >= 11 is 1.60. The molecule has 0 bridgehead atoms. The molecule has 7 heteroatoms. The van der Waals surface area contributed by atoms with E-state index in [1.54, 1.807) is 23.5 Å². The van der Waals surface area contributed by atoms with E-state index in [0.717, 1.165) is 21.3 Å². The summed E-state index contributed by atoms with van der Waals surface area (Å²) in [7, 11) is -3.73. The van der Waals surface area contributed by atoms with Crippen molar-refractivity contribution >= 4 is 32.3 Å². The van der Waals surface area contributed by atoms with Gasteiger partial charge in [-0.2, -0.15) is 5.26 Å². The smallest absolute Gasteiger partial charge is 0.240 e. The number of nitrogens with zero attached hydrogens (tertiary/aromatic N) is 1. The summed E-state index contributed by atoms with van der Waals surface area (Å²) in [4.78, 5) is 4.44. The third-order valence-electron chi connectivity index (χ3n) is 4.63. The quantitative estimate of drug-likeness (QED) is 0.502. The average Bonchev–Trinajstić information content (AvgIpc) is 3.39. The Morgan fingerprint density at radius 1 is 1.11 bits per heavy atom. The second-order valence-corrected chi connectivity index (χ2v) is 9.10. The Balaban J connectivity index is 1.67. The highest BCUT2D eigenvalue weighted by atomic mass is 32.2. The van der Waals surface area contributed by atoms with Gasteiger partial charge in [-0.1, -0.05) is 30.3 Å². The van der Waals surface area contributed by atoms with Crippen molar-refractivity contribution in [3.63, 3.8) is 0 Å². The van der Waals surface area contributed by atoms with E-state index in [-0.39, 0.29) is 17.4 Å². The van der Waals surface area contributed by atoms with Gasteiger partial charge in [0.1, 0.15) is 0 Å². The number of fused-ring (bicyclic) bond motifs is 1. The highest BCUT2D eigenvalue weighted by Crippen LogP contribution is 2.33. The molecule has 0 saturated carbocycles. The van der Waals surface area contributed by atoms with Gasteiger partial charge in [0, 0.05) is 34.4 Å². The molecular formula is C21H17N3O2S2. The largest absolute Gasteiger partial charge is 0.361 e. The highest BCUT2D eigenvalue weighted by molar-refractivity contribution is 7.89. The zero-order valence-corrected chi connectivity index (χ0v) is 16.4. The Morgan fingerprint density at radius 3 is 2.75 bits per heavy atom. The third-order valence-corrected chi connectivity index (χ3v) is 7.04.